The predicted octanol–water partition coefficient (Wildman–Crippen LogP) is 5.02. The minimum absolute atomic E-state index is 0.135. The van der Waals surface area contributed by atoms with Gasteiger partial charge in [0.2, 0.25) is 0 Å². The SMILES string of the molecule is CNC(C)c1ccc(SCc2cc(C)cc(C)c2)c(F)c1. The summed E-state index contributed by atoms with van der Waals surface area (Å²) in [6, 6.07) is 12.1. The van der Waals surface area contributed by atoms with E-state index in [1.807, 2.05) is 26.1 Å². The van der Waals surface area contributed by atoms with Crippen LogP contribution in [0.3, 0.4) is 0 Å². The van der Waals surface area contributed by atoms with Crippen molar-refractivity contribution < 1.29 is 4.39 Å². The molecule has 0 aliphatic heterocycles. The molecule has 2 rings (SSSR count). The molecule has 3 heteroatoms. The van der Waals surface area contributed by atoms with E-state index in [-0.39, 0.29) is 11.9 Å². The number of nitrogens with one attached hydrogen (secondary N) is 1. The smallest absolute Gasteiger partial charge is 0.137 e. The Morgan fingerprint density at radius 2 is 1.76 bits per heavy atom. The van der Waals surface area contributed by atoms with Crippen molar-refractivity contribution in [1.82, 2.24) is 5.32 Å². The third-order valence-electron chi connectivity index (χ3n) is 3.56. The van der Waals surface area contributed by atoms with Crippen LogP contribution in [0.5, 0.6) is 0 Å². The van der Waals surface area contributed by atoms with Crippen LogP contribution in [0.4, 0.5) is 4.39 Å². The average molecular weight is 303 g/mol. The summed E-state index contributed by atoms with van der Waals surface area (Å²) in [6.07, 6.45) is 0. The summed E-state index contributed by atoms with van der Waals surface area (Å²) in [5.74, 6) is 0.657. The molecule has 2 aromatic rings. The maximum absolute atomic E-state index is 14.2. The molecular formula is C18H22FNS. The Labute approximate surface area is 131 Å². The number of aryl methyl sites for hydroxylation is 2. The Hall–Kier alpha value is -1.32. The second-order valence-corrected chi connectivity index (χ2v) is 6.50. The third kappa shape index (κ3) is 4.32. The molecule has 2 aromatic carbocycles. The average Bonchev–Trinajstić information content (AvgIpc) is 2.44. The molecule has 112 valence electrons. The minimum atomic E-state index is -0.135. The highest BCUT2D eigenvalue weighted by Crippen LogP contribution is 2.28. The molecule has 0 spiro atoms. The van der Waals surface area contributed by atoms with Crippen LogP contribution >= 0.6 is 11.8 Å². The number of hydrogen-bond acceptors (Lipinski definition) is 2. The van der Waals surface area contributed by atoms with Crippen molar-refractivity contribution in [2.45, 2.75) is 37.5 Å². The van der Waals surface area contributed by atoms with Crippen molar-refractivity contribution in [2.75, 3.05) is 7.05 Å². The quantitative estimate of drug-likeness (QED) is 0.779. The number of rotatable bonds is 5. The molecule has 0 radical (unpaired) electrons. The Morgan fingerprint density at radius 1 is 1.10 bits per heavy atom. The van der Waals surface area contributed by atoms with E-state index in [1.54, 1.807) is 17.8 Å². The maximum Gasteiger partial charge on any atom is 0.137 e. The molecule has 1 atom stereocenters. The highest BCUT2D eigenvalue weighted by molar-refractivity contribution is 7.98. The molecule has 0 saturated heterocycles. The molecule has 0 aliphatic rings. The summed E-state index contributed by atoms with van der Waals surface area (Å²) in [5.41, 5.74) is 4.73. The second-order valence-electron chi connectivity index (χ2n) is 5.48. The van der Waals surface area contributed by atoms with E-state index in [9.17, 15) is 4.39 Å². The van der Waals surface area contributed by atoms with Crippen molar-refractivity contribution in [1.29, 1.82) is 0 Å². The molecule has 0 bridgehead atoms. The van der Waals surface area contributed by atoms with E-state index in [4.69, 9.17) is 0 Å². The van der Waals surface area contributed by atoms with Gasteiger partial charge in [-0.15, -0.1) is 11.8 Å². The van der Waals surface area contributed by atoms with Crippen LogP contribution in [-0.2, 0) is 5.75 Å². The maximum atomic E-state index is 14.2. The van der Waals surface area contributed by atoms with Gasteiger partial charge in [-0.3, -0.25) is 0 Å². The van der Waals surface area contributed by atoms with Gasteiger partial charge in [-0.05, 0) is 51.1 Å². The monoisotopic (exact) mass is 303 g/mol. The Kier molecular flexibility index (Phi) is 5.43. The fraction of sp³-hybridized carbons (Fsp3) is 0.333. The van der Waals surface area contributed by atoms with Gasteiger partial charge in [0.05, 0.1) is 0 Å². The van der Waals surface area contributed by atoms with E-state index < -0.39 is 0 Å². The lowest BCUT2D eigenvalue weighted by Crippen LogP contribution is -2.12. The van der Waals surface area contributed by atoms with Crippen LogP contribution in [0.1, 0.15) is 35.2 Å². The van der Waals surface area contributed by atoms with E-state index >= 15 is 0 Å². The number of halogens is 1. The van der Waals surface area contributed by atoms with Gasteiger partial charge < -0.3 is 5.32 Å². The first-order valence-electron chi connectivity index (χ1n) is 7.16. The van der Waals surface area contributed by atoms with Crippen LogP contribution in [0.15, 0.2) is 41.3 Å². The van der Waals surface area contributed by atoms with Crippen LogP contribution < -0.4 is 5.32 Å². The Balaban J connectivity index is 2.09. The van der Waals surface area contributed by atoms with Crippen LogP contribution in [-0.4, -0.2) is 7.05 Å². The van der Waals surface area contributed by atoms with Crippen molar-refractivity contribution >= 4 is 11.8 Å². The summed E-state index contributed by atoms with van der Waals surface area (Å²) in [6.45, 7) is 6.21. The lowest BCUT2D eigenvalue weighted by Gasteiger charge is -2.12. The topological polar surface area (TPSA) is 12.0 Å². The summed E-state index contributed by atoms with van der Waals surface area (Å²) in [5, 5.41) is 3.12. The zero-order valence-electron chi connectivity index (χ0n) is 13.0. The van der Waals surface area contributed by atoms with E-state index in [0.29, 0.717) is 4.90 Å². The van der Waals surface area contributed by atoms with E-state index in [1.165, 1.54) is 16.7 Å². The van der Waals surface area contributed by atoms with Crippen molar-refractivity contribution in [2.24, 2.45) is 0 Å². The first-order valence-corrected chi connectivity index (χ1v) is 8.15. The van der Waals surface area contributed by atoms with Gasteiger partial charge in [0.1, 0.15) is 5.82 Å². The molecule has 0 amide bonds. The largest absolute Gasteiger partial charge is 0.313 e. The second kappa shape index (κ2) is 7.10. The molecule has 0 saturated carbocycles. The highest BCUT2D eigenvalue weighted by Gasteiger charge is 2.08. The van der Waals surface area contributed by atoms with Crippen LogP contribution in [0, 0.1) is 19.7 Å². The van der Waals surface area contributed by atoms with Gasteiger partial charge in [0.15, 0.2) is 0 Å². The summed E-state index contributed by atoms with van der Waals surface area (Å²) < 4.78 is 14.2. The summed E-state index contributed by atoms with van der Waals surface area (Å²) >= 11 is 1.55. The molecule has 1 N–H and O–H groups in total. The minimum Gasteiger partial charge on any atom is -0.313 e. The van der Waals surface area contributed by atoms with Gasteiger partial charge in [0, 0.05) is 16.7 Å². The molecule has 1 unspecified atom stereocenters. The number of hydrogen-bond donors (Lipinski definition) is 1. The first kappa shape index (κ1) is 16.1. The number of thioether (sulfide) groups is 1. The molecular weight excluding hydrogens is 281 g/mol. The highest BCUT2D eigenvalue weighted by atomic mass is 32.2. The standard InChI is InChI=1S/C18H22FNS/c1-12-7-13(2)9-15(8-12)11-21-18-6-5-16(10-17(18)19)14(3)20-4/h5-10,14,20H,11H2,1-4H3. The molecule has 0 heterocycles. The van der Waals surface area contributed by atoms with Gasteiger partial charge >= 0.3 is 0 Å². The van der Waals surface area contributed by atoms with Gasteiger partial charge in [0.25, 0.3) is 0 Å². The zero-order chi connectivity index (χ0) is 15.4. The molecule has 21 heavy (non-hydrogen) atoms. The molecule has 0 aliphatic carbocycles. The number of benzene rings is 2. The van der Waals surface area contributed by atoms with Crippen LogP contribution in [0.25, 0.3) is 0 Å². The lowest BCUT2D eigenvalue weighted by atomic mass is 10.1. The van der Waals surface area contributed by atoms with Gasteiger partial charge in [-0.2, -0.15) is 0 Å². The molecule has 0 fully saturated rings. The van der Waals surface area contributed by atoms with Gasteiger partial charge in [-0.25, -0.2) is 4.39 Å². The Morgan fingerprint density at radius 3 is 2.33 bits per heavy atom. The van der Waals surface area contributed by atoms with Crippen molar-refractivity contribution in [3.05, 3.63) is 64.5 Å². The molecule has 0 aromatic heterocycles. The molecule has 1 nitrogen and oxygen atoms in total. The third-order valence-corrected chi connectivity index (χ3v) is 4.68. The normalized spacial score (nSPS) is 12.4. The van der Waals surface area contributed by atoms with Crippen molar-refractivity contribution in [3.8, 4) is 0 Å². The lowest BCUT2D eigenvalue weighted by molar-refractivity contribution is 0.587. The predicted molar refractivity (Wildman–Crippen MR) is 89.4 cm³/mol. The van der Waals surface area contributed by atoms with E-state index in [0.717, 1.165) is 11.3 Å². The first-order chi connectivity index (χ1) is 9.99. The van der Waals surface area contributed by atoms with E-state index in [2.05, 4.69) is 37.4 Å². The van der Waals surface area contributed by atoms with Gasteiger partial charge in [-0.1, -0.05) is 35.4 Å². The summed E-state index contributed by atoms with van der Waals surface area (Å²) in [4.78, 5) is 0.709. The fourth-order valence-electron chi connectivity index (χ4n) is 2.38. The Bertz CT molecular complexity index is 604. The van der Waals surface area contributed by atoms with Crippen molar-refractivity contribution in [3.63, 3.8) is 0 Å². The zero-order valence-corrected chi connectivity index (χ0v) is 13.9. The summed E-state index contributed by atoms with van der Waals surface area (Å²) in [7, 11) is 1.88. The fourth-order valence-corrected chi connectivity index (χ4v) is 3.23. The van der Waals surface area contributed by atoms with Crippen LogP contribution in [0.2, 0.25) is 0 Å².